The first-order chi connectivity index (χ1) is 9.16. The summed E-state index contributed by atoms with van der Waals surface area (Å²) in [6.07, 6.45) is 0. The lowest BCUT2D eigenvalue weighted by Crippen LogP contribution is -2.24. The summed E-state index contributed by atoms with van der Waals surface area (Å²) in [6.45, 7) is 5.58. The van der Waals surface area contributed by atoms with Crippen molar-refractivity contribution in [3.63, 3.8) is 0 Å². The van der Waals surface area contributed by atoms with Gasteiger partial charge in [-0.1, -0.05) is 65.0 Å². The average molecular weight is 381 g/mol. The second-order valence-corrected chi connectivity index (χ2v) is 6.29. The molecule has 0 aromatic heterocycles. The van der Waals surface area contributed by atoms with E-state index in [2.05, 4.69) is 85.8 Å². The summed E-state index contributed by atoms with van der Waals surface area (Å²) in [6, 6.07) is 18.7. The van der Waals surface area contributed by atoms with E-state index in [1.165, 1.54) is 11.3 Å². The van der Waals surface area contributed by atoms with Crippen LogP contribution in [0.2, 0.25) is 0 Å². The molecule has 3 heteroatoms. The Morgan fingerprint density at radius 2 is 1.63 bits per heavy atom. The molecular weight excluding hydrogens is 366 g/mol. The SMILES string of the molecule is C=C(Br)CN(Cc1ccccc1)c1ccccc1Br. The van der Waals surface area contributed by atoms with Crippen LogP contribution < -0.4 is 4.90 Å². The number of para-hydroxylation sites is 1. The Balaban J connectivity index is 2.26. The molecule has 98 valence electrons. The lowest BCUT2D eigenvalue weighted by Gasteiger charge is -2.25. The van der Waals surface area contributed by atoms with Gasteiger partial charge >= 0.3 is 0 Å². The quantitative estimate of drug-likeness (QED) is 0.674. The molecule has 0 spiro atoms. The number of rotatable bonds is 5. The first kappa shape index (κ1) is 14.4. The molecule has 2 rings (SSSR count). The van der Waals surface area contributed by atoms with E-state index in [-0.39, 0.29) is 0 Å². The molecule has 0 bridgehead atoms. The molecule has 1 nitrogen and oxygen atoms in total. The topological polar surface area (TPSA) is 3.24 Å². The molecule has 2 aromatic rings. The number of halogens is 2. The molecule has 0 saturated carbocycles. The largest absolute Gasteiger partial charge is 0.361 e. The Morgan fingerprint density at radius 3 is 2.26 bits per heavy atom. The maximum absolute atomic E-state index is 3.95. The molecule has 0 fully saturated rings. The zero-order chi connectivity index (χ0) is 13.7. The van der Waals surface area contributed by atoms with Crippen LogP contribution in [0.25, 0.3) is 0 Å². The highest BCUT2D eigenvalue weighted by Gasteiger charge is 2.10. The number of benzene rings is 2. The van der Waals surface area contributed by atoms with Crippen molar-refractivity contribution in [2.24, 2.45) is 0 Å². The van der Waals surface area contributed by atoms with E-state index >= 15 is 0 Å². The first-order valence-electron chi connectivity index (χ1n) is 6.03. The summed E-state index contributed by atoms with van der Waals surface area (Å²) in [5.74, 6) is 0. The highest BCUT2D eigenvalue weighted by atomic mass is 79.9. The van der Waals surface area contributed by atoms with Crippen molar-refractivity contribution >= 4 is 37.5 Å². The Bertz CT molecular complexity index is 552. The van der Waals surface area contributed by atoms with Crippen molar-refractivity contribution in [3.05, 3.63) is 75.7 Å². The smallest absolute Gasteiger partial charge is 0.0516 e. The zero-order valence-electron chi connectivity index (χ0n) is 10.5. The van der Waals surface area contributed by atoms with Crippen molar-refractivity contribution in [1.82, 2.24) is 0 Å². The molecule has 0 aliphatic rings. The van der Waals surface area contributed by atoms with Gasteiger partial charge in [-0.3, -0.25) is 0 Å². The fourth-order valence-electron chi connectivity index (χ4n) is 1.95. The van der Waals surface area contributed by atoms with E-state index in [9.17, 15) is 0 Å². The Morgan fingerprint density at radius 1 is 1.00 bits per heavy atom. The fourth-order valence-corrected chi connectivity index (χ4v) is 2.78. The van der Waals surface area contributed by atoms with E-state index in [0.29, 0.717) is 0 Å². The standard InChI is InChI=1S/C16H15Br2N/c1-13(17)11-19(12-14-7-3-2-4-8-14)16-10-6-5-9-15(16)18/h2-10H,1,11-12H2. The first-order valence-corrected chi connectivity index (χ1v) is 7.62. The monoisotopic (exact) mass is 379 g/mol. The minimum absolute atomic E-state index is 0.775. The molecular formula is C16H15Br2N. The third kappa shape index (κ3) is 4.22. The van der Waals surface area contributed by atoms with E-state index in [1.54, 1.807) is 0 Å². The summed E-state index contributed by atoms with van der Waals surface area (Å²) in [5.41, 5.74) is 2.46. The summed E-state index contributed by atoms with van der Waals surface area (Å²) in [7, 11) is 0. The number of anilines is 1. The van der Waals surface area contributed by atoms with E-state index in [4.69, 9.17) is 0 Å². The number of hydrogen-bond donors (Lipinski definition) is 0. The van der Waals surface area contributed by atoms with E-state index in [0.717, 1.165) is 22.0 Å². The lowest BCUT2D eigenvalue weighted by atomic mass is 10.2. The van der Waals surface area contributed by atoms with Crippen LogP contribution >= 0.6 is 31.9 Å². The molecule has 0 unspecified atom stereocenters. The third-order valence-electron chi connectivity index (χ3n) is 2.77. The van der Waals surface area contributed by atoms with Gasteiger partial charge in [-0.2, -0.15) is 0 Å². The predicted molar refractivity (Wildman–Crippen MR) is 89.7 cm³/mol. The molecule has 0 heterocycles. The van der Waals surface area contributed by atoms with Crippen molar-refractivity contribution in [2.75, 3.05) is 11.4 Å². The van der Waals surface area contributed by atoms with Crippen molar-refractivity contribution in [1.29, 1.82) is 0 Å². The van der Waals surface area contributed by atoms with Crippen molar-refractivity contribution < 1.29 is 0 Å². The molecule has 0 N–H and O–H groups in total. The van der Waals surface area contributed by atoms with Gasteiger partial charge in [0.25, 0.3) is 0 Å². The van der Waals surface area contributed by atoms with Gasteiger partial charge in [-0.15, -0.1) is 0 Å². The predicted octanol–water partition coefficient (Wildman–Crippen LogP) is 5.36. The van der Waals surface area contributed by atoms with Crippen LogP contribution in [0, 0.1) is 0 Å². The van der Waals surface area contributed by atoms with Gasteiger partial charge in [0.15, 0.2) is 0 Å². The highest BCUT2D eigenvalue weighted by Crippen LogP contribution is 2.28. The maximum Gasteiger partial charge on any atom is 0.0516 e. The normalized spacial score (nSPS) is 10.2. The number of hydrogen-bond acceptors (Lipinski definition) is 1. The zero-order valence-corrected chi connectivity index (χ0v) is 13.7. The maximum atomic E-state index is 3.95. The van der Waals surface area contributed by atoms with Crippen LogP contribution in [0.1, 0.15) is 5.56 Å². The van der Waals surface area contributed by atoms with Gasteiger partial charge in [-0.05, 0) is 33.6 Å². The van der Waals surface area contributed by atoms with Gasteiger partial charge in [0.05, 0.1) is 5.69 Å². The van der Waals surface area contributed by atoms with Crippen LogP contribution in [-0.4, -0.2) is 6.54 Å². The molecule has 0 aliphatic heterocycles. The second-order valence-electron chi connectivity index (χ2n) is 4.31. The minimum Gasteiger partial charge on any atom is -0.361 e. The molecule has 19 heavy (non-hydrogen) atoms. The molecule has 0 aliphatic carbocycles. The van der Waals surface area contributed by atoms with Crippen LogP contribution in [0.15, 0.2) is 70.1 Å². The molecule has 0 atom stereocenters. The van der Waals surface area contributed by atoms with Crippen LogP contribution in [0.5, 0.6) is 0 Å². The molecule has 0 saturated heterocycles. The summed E-state index contributed by atoms with van der Waals surface area (Å²) >= 11 is 7.07. The minimum atomic E-state index is 0.775. The molecule has 0 amide bonds. The van der Waals surface area contributed by atoms with E-state index in [1.807, 2.05) is 12.1 Å². The Kier molecular flexibility index (Phi) is 5.23. The summed E-state index contributed by atoms with van der Waals surface area (Å²) < 4.78 is 2.07. The van der Waals surface area contributed by atoms with Crippen LogP contribution in [0.3, 0.4) is 0 Å². The Hall–Kier alpha value is -1.06. The van der Waals surface area contributed by atoms with Gasteiger partial charge < -0.3 is 4.90 Å². The average Bonchev–Trinajstić information content (AvgIpc) is 2.39. The Labute approximate surface area is 131 Å². The van der Waals surface area contributed by atoms with E-state index < -0.39 is 0 Å². The van der Waals surface area contributed by atoms with Crippen molar-refractivity contribution in [2.45, 2.75) is 6.54 Å². The van der Waals surface area contributed by atoms with Gasteiger partial charge in [0.2, 0.25) is 0 Å². The van der Waals surface area contributed by atoms with Gasteiger partial charge in [0.1, 0.15) is 0 Å². The second kappa shape index (κ2) is 6.92. The third-order valence-corrected chi connectivity index (χ3v) is 3.69. The van der Waals surface area contributed by atoms with Gasteiger partial charge in [0, 0.05) is 22.0 Å². The molecule has 2 aromatic carbocycles. The van der Waals surface area contributed by atoms with Crippen LogP contribution in [0.4, 0.5) is 5.69 Å². The summed E-state index contributed by atoms with van der Waals surface area (Å²) in [5, 5.41) is 0. The molecule has 0 radical (unpaired) electrons. The lowest BCUT2D eigenvalue weighted by molar-refractivity contribution is 0.862. The van der Waals surface area contributed by atoms with Gasteiger partial charge in [-0.25, -0.2) is 0 Å². The number of nitrogens with zero attached hydrogens (tertiary/aromatic N) is 1. The van der Waals surface area contributed by atoms with Crippen LogP contribution in [-0.2, 0) is 6.54 Å². The van der Waals surface area contributed by atoms with Crippen molar-refractivity contribution in [3.8, 4) is 0 Å². The highest BCUT2D eigenvalue weighted by molar-refractivity contribution is 9.11. The summed E-state index contributed by atoms with van der Waals surface area (Å²) in [4.78, 5) is 2.29. The fraction of sp³-hybridized carbons (Fsp3) is 0.125.